The van der Waals surface area contributed by atoms with E-state index in [4.69, 9.17) is 0 Å². The number of benzene rings is 2. The summed E-state index contributed by atoms with van der Waals surface area (Å²) in [5, 5.41) is 18.4. The van der Waals surface area contributed by atoms with E-state index in [9.17, 15) is 19.7 Å². The van der Waals surface area contributed by atoms with Crippen molar-refractivity contribution in [2.24, 2.45) is 0 Å². The molecule has 0 aliphatic heterocycles. The van der Waals surface area contributed by atoms with Crippen LogP contribution in [-0.2, 0) is 11.3 Å². The van der Waals surface area contributed by atoms with Gasteiger partial charge in [-0.05, 0) is 32.0 Å². The van der Waals surface area contributed by atoms with Crippen LogP contribution in [0.2, 0.25) is 0 Å². The number of fused-ring (bicyclic) bond motifs is 1. The number of nitro benzene ring substituents is 1. The highest BCUT2D eigenvalue weighted by molar-refractivity contribution is 5.92. The summed E-state index contributed by atoms with van der Waals surface area (Å²) in [7, 11) is 0. The molecular weight excluding hydrogens is 400 g/mol. The first-order valence-electron chi connectivity index (χ1n) is 9.40. The molecule has 0 fully saturated rings. The third-order valence-electron chi connectivity index (χ3n) is 4.89. The van der Waals surface area contributed by atoms with E-state index in [1.165, 1.54) is 24.5 Å². The summed E-state index contributed by atoms with van der Waals surface area (Å²) in [5.41, 5.74) is 2.43. The number of rotatable bonds is 5. The van der Waals surface area contributed by atoms with Gasteiger partial charge >= 0.3 is 0 Å². The molecule has 10 heteroatoms. The lowest BCUT2D eigenvalue weighted by atomic mass is 10.2. The molecule has 0 unspecified atom stereocenters. The maximum Gasteiger partial charge on any atom is 0.271 e. The molecule has 0 saturated carbocycles. The Balaban J connectivity index is 1.58. The zero-order chi connectivity index (χ0) is 22.1. The lowest BCUT2D eigenvalue weighted by molar-refractivity contribution is -0.384. The van der Waals surface area contributed by atoms with Gasteiger partial charge in [0.1, 0.15) is 6.54 Å². The summed E-state index contributed by atoms with van der Waals surface area (Å²) in [5.74, 6) is -0.413. The molecule has 2 aromatic carbocycles. The lowest BCUT2D eigenvalue weighted by Gasteiger charge is -2.09. The molecule has 2 heterocycles. The van der Waals surface area contributed by atoms with Gasteiger partial charge in [0.05, 0.1) is 44.9 Å². The molecule has 4 rings (SSSR count). The van der Waals surface area contributed by atoms with Crippen LogP contribution in [0.3, 0.4) is 0 Å². The van der Waals surface area contributed by atoms with Crippen molar-refractivity contribution in [3.63, 3.8) is 0 Å². The highest BCUT2D eigenvalue weighted by Crippen LogP contribution is 2.23. The smallest absolute Gasteiger partial charge is 0.271 e. The van der Waals surface area contributed by atoms with E-state index in [2.05, 4.69) is 15.4 Å². The summed E-state index contributed by atoms with van der Waals surface area (Å²) >= 11 is 0. The fourth-order valence-electron chi connectivity index (χ4n) is 3.35. The van der Waals surface area contributed by atoms with Gasteiger partial charge in [0, 0.05) is 12.1 Å². The van der Waals surface area contributed by atoms with Crippen LogP contribution in [0.1, 0.15) is 11.4 Å². The molecule has 0 spiro atoms. The van der Waals surface area contributed by atoms with Crippen molar-refractivity contribution in [3.8, 4) is 5.69 Å². The maximum atomic E-state index is 12.7. The van der Waals surface area contributed by atoms with E-state index < -0.39 is 16.4 Å². The summed E-state index contributed by atoms with van der Waals surface area (Å²) in [4.78, 5) is 39.7. The second kappa shape index (κ2) is 7.82. The van der Waals surface area contributed by atoms with Gasteiger partial charge in [-0.2, -0.15) is 5.10 Å². The molecule has 1 N–H and O–H groups in total. The number of para-hydroxylation sites is 1. The summed E-state index contributed by atoms with van der Waals surface area (Å²) in [6.45, 7) is 3.38. The van der Waals surface area contributed by atoms with Crippen LogP contribution >= 0.6 is 0 Å². The number of nitro groups is 1. The van der Waals surface area contributed by atoms with E-state index in [1.807, 2.05) is 37.3 Å². The Morgan fingerprint density at radius 2 is 1.90 bits per heavy atom. The van der Waals surface area contributed by atoms with Gasteiger partial charge in [-0.3, -0.25) is 24.3 Å². The summed E-state index contributed by atoms with van der Waals surface area (Å²) in [6.07, 6.45) is 1.21. The minimum absolute atomic E-state index is 0.156. The van der Waals surface area contributed by atoms with Crippen LogP contribution in [0.25, 0.3) is 16.6 Å². The Kier molecular flexibility index (Phi) is 5.04. The molecule has 0 radical (unpaired) electrons. The van der Waals surface area contributed by atoms with E-state index in [0.717, 1.165) is 15.9 Å². The molecule has 0 aliphatic rings. The van der Waals surface area contributed by atoms with E-state index in [0.29, 0.717) is 11.4 Å². The predicted molar refractivity (Wildman–Crippen MR) is 114 cm³/mol. The Labute approximate surface area is 175 Å². The van der Waals surface area contributed by atoms with Crippen molar-refractivity contribution in [2.45, 2.75) is 20.4 Å². The maximum absolute atomic E-state index is 12.7. The molecule has 4 aromatic rings. The Bertz CT molecular complexity index is 1370. The molecule has 10 nitrogen and oxygen atoms in total. The van der Waals surface area contributed by atoms with Gasteiger partial charge in [-0.1, -0.05) is 18.2 Å². The van der Waals surface area contributed by atoms with E-state index >= 15 is 0 Å². The number of non-ortho nitro benzene ring substituents is 1. The minimum Gasteiger partial charge on any atom is -0.321 e. The molecular formula is C21H18N6O4. The number of hydrogen-bond acceptors (Lipinski definition) is 6. The first-order valence-corrected chi connectivity index (χ1v) is 9.40. The number of carbonyl (C=O) groups is 1. The molecule has 1 amide bonds. The van der Waals surface area contributed by atoms with Crippen molar-refractivity contribution in [2.75, 3.05) is 5.32 Å². The van der Waals surface area contributed by atoms with Crippen molar-refractivity contribution in [1.82, 2.24) is 19.3 Å². The number of aryl methyl sites for hydroxylation is 1. The minimum atomic E-state index is -0.555. The van der Waals surface area contributed by atoms with Crippen molar-refractivity contribution < 1.29 is 9.72 Å². The Hall–Kier alpha value is -4.34. The van der Waals surface area contributed by atoms with Crippen LogP contribution < -0.4 is 10.9 Å². The first kappa shape index (κ1) is 20.0. The zero-order valence-corrected chi connectivity index (χ0v) is 16.8. The largest absolute Gasteiger partial charge is 0.321 e. The summed E-state index contributed by atoms with van der Waals surface area (Å²) < 4.78 is 2.90. The fraction of sp³-hybridized carbons (Fsp3) is 0.143. The van der Waals surface area contributed by atoms with Gasteiger partial charge in [0.2, 0.25) is 5.91 Å². The molecule has 0 bridgehead atoms. The third-order valence-corrected chi connectivity index (χ3v) is 4.89. The predicted octanol–water partition coefficient (Wildman–Crippen LogP) is 2.75. The number of nitrogens with zero attached hydrogens (tertiary/aromatic N) is 5. The second-order valence-electron chi connectivity index (χ2n) is 6.98. The number of carbonyl (C=O) groups excluding carboxylic acids is 1. The number of aromatic nitrogens is 4. The Morgan fingerprint density at radius 1 is 1.16 bits per heavy atom. The highest BCUT2D eigenvalue weighted by Gasteiger charge is 2.17. The SMILES string of the molecule is Cc1nn(-c2ccccc2)c(C)c1NC(=O)Cn1cnc2cc([N+](=O)[O-])ccc2c1=O. The van der Waals surface area contributed by atoms with Crippen LogP contribution in [-0.4, -0.2) is 30.2 Å². The lowest BCUT2D eigenvalue weighted by Crippen LogP contribution is -2.28. The fourth-order valence-corrected chi connectivity index (χ4v) is 3.35. The summed E-state index contributed by atoms with van der Waals surface area (Å²) in [6, 6.07) is 13.3. The quantitative estimate of drug-likeness (QED) is 0.392. The topological polar surface area (TPSA) is 125 Å². The Morgan fingerprint density at radius 3 is 2.61 bits per heavy atom. The number of hydrogen-bond donors (Lipinski definition) is 1. The molecule has 0 atom stereocenters. The van der Waals surface area contributed by atoms with Crippen molar-refractivity contribution in [3.05, 3.63) is 86.7 Å². The molecule has 2 aromatic heterocycles. The van der Waals surface area contributed by atoms with Gasteiger partial charge in [-0.15, -0.1) is 0 Å². The van der Waals surface area contributed by atoms with Crippen molar-refractivity contribution in [1.29, 1.82) is 0 Å². The monoisotopic (exact) mass is 418 g/mol. The van der Waals surface area contributed by atoms with E-state index in [-0.39, 0.29) is 23.1 Å². The van der Waals surface area contributed by atoms with Gasteiger partial charge < -0.3 is 5.32 Å². The molecule has 0 saturated heterocycles. The number of anilines is 1. The highest BCUT2D eigenvalue weighted by atomic mass is 16.6. The standard InChI is InChI=1S/C21H18N6O4/c1-13-20(14(2)26(24-13)15-6-4-3-5-7-15)23-19(28)11-25-12-22-18-10-16(27(30)31)8-9-17(18)21(25)29/h3-10,12H,11H2,1-2H3,(H,23,28). The number of amides is 1. The zero-order valence-electron chi connectivity index (χ0n) is 16.8. The van der Waals surface area contributed by atoms with Crippen LogP contribution in [0, 0.1) is 24.0 Å². The molecule has 31 heavy (non-hydrogen) atoms. The first-order chi connectivity index (χ1) is 14.8. The third kappa shape index (κ3) is 3.78. The molecule has 156 valence electrons. The van der Waals surface area contributed by atoms with Gasteiger partial charge in [-0.25, -0.2) is 9.67 Å². The van der Waals surface area contributed by atoms with Crippen LogP contribution in [0.4, 0.5) is 11.4 Å². The van der Waals surface area contributed by atoms with Gasteiger partial charge in [0.25, 0.3) is 11.2 Å². The normalized spacial score (nSPS) is 10.9. The van der Waals surface area contributed by atoms with Crippen molar-refractivity contribution >= 4 is 28.2 Å². The molecule has 0 aliphatic carbocycles. The van der Waals surface area contributed by atoms with Crippen LogP contribution in [0.15, 0.2) is 59.7 Å². The van der Waals surface area contributed by atoms with E-state index in [1.54, 1.807) is 11.6 Å². The van der Waals surface area contributed by atoms with Gasteiger partial charge in [0.15, 0.2) is 0 Å². The average Bonchev–Trinajstić information content (AvgIpc) is 3.04. The average molecular weight is 418 g/mol. The second-order valence-corrected chi connectivity index (χ2v) is 6.98. The number of nitrogens with one attached hydrogen (secondary N) is 1. The van der Waals surface area contributed by atoms with Crippen LogP contribution in [0.5, 0.6) is 0 Å².